The zero-order valence-corrected chi connectivity index (χ0v) is 21.7. The summed E-state index contributed by atoms with van der Waals surface area (Å²) in [5, 5.41) is 3.58. The fourth-order valence-corrected chi connectivity index (χ4v) is 3.74. The molecule has 0 heterocycles. The van der Waals surface area contributed by atoms with E-state index >= 15 is 0 Å². The third-order valence-electron chi connectivity index (χ3n) is 5.65. The predicted octanol–water partition coefficient (Wildman–Crippen LogP) is 5.40. The highest BCUT2D eigenvalue weighted by Crippen LogP contribution is 2.29. The molecule has 2 rings (SSSR count). The smallest absolute Gasteiger partial charge is 0.242 e. The van der Waals surface area contributed by atoms with Crippen LogP contribution >= 0.6 is 11.6 Å². The van der Waals surface area contributed by atoms with E-state index in [1.54, 1.807) is 17.9 Å². The van der Waals surface area contributed by atoms with E-state index < -0.39 is 6.04 Å². The first-order valence-electron chi connectivity index (χ1n) is 12.0. The first kappa shape index (κ1) is 27.5. The lowest BCUT2D eigenvalue weighted by Crippen LogP contribution is -2.49. The van der Waals surface area contributed by atoms with Gasteiger partial charge in [-0.05, 0) is 75.9 Å². The van der Waals surface area contributed by atoms with Crippen LogP contribution in [-0.2, 0) is 22.6 Å². The maximum atomic E-state index is 13.3. The summed E-state index contributed by atoms with van der Waals surface area (Å²) in [7, 11) is 0. The highest BCUT2D eigenvalue weighted by atomic mass is 35.5. The van der Waals surface area contributed by atoms with Crippen LogP contribution < -0.4 is 14.8 Å². The minimum atomic E-state index is -0.611. The topological polar surface area (TPSA) is 67.9 Å². The van der Waals surface area contributed by atoms with Crippen LogP contribution in [0.1, 0.15) is 58.6 Å². The van der Waals surface area contributed by atoms with Gasteiger partial charge < -0.3 is 19.7 Å². The van der Waals surface area contributed by atoms with Crippen molar-refractivity contribution in [1.82, 2.24) is 10.2 Å². The second-order valence-corrected chi connectivity index (χ2v) is 8.73. The number of rotatable bonds is 13. The standard InChI is InChI=1S/C27H37ClN2O4/c1-6-19(4)29-27(32)20(5)30(18-22-10-9-11-23(28)16-22)26(31)15-13-21-12-14-24(33-7-2)25(17-21)34-8-3/h9-12,14,16-17,19-20H,6-8,13,15,18H2,1-5H3,(H,29,32)/t19-,20+/m1/s1. The van der Waals surface area contributed by atoms with Crippen LogP contribution in [0.3, 0.4) is 0 Å². The average molecular weight is 489 g/mol. The predicted molar refractivity (Wildman–Crippen MR) is 136 cm³/mol. The Morgan fingerprint density at radius 2 is 1.68 bits per heavy atom. The molecule has 186 valence electrons. The molecule has 0 saturated carbocycles. The number of hydrogen-bond acceptors (Lipinski definition) is 4. The third-order valence-corrected chi connectivity index (χ3v) is 5.88. The Kier molecular flexibility index (Phi) is 11.2. The Labute approximate surface area is 208 Å². The monoisotopic (exact) mass is 488 g/mol. The van der Waals surface area contributed by atoms with Gasteiger partial charge in [0, 0.05) is 24.0 Å². The minimum Gasteiger partial charge on any atom is -0.490 e. The van der Waals surface area contributed by atoms with Crippen LogP contribution in [0.2, 0.25) is 5.02 Å². The molecular weight excluding hydrogens is 452 g/mol. The first-order valence-corrected chi connectivity index (χ1v) is 12.4. The summed E-state index contributed by atoms with van der Waals surface area (Å²) in [6.45, 7) is 11.0. The van der Waals surface area contributed by atoms with Crippen molar-refractivity contribution in [3.63, 3.8) is 0 Å². The number of amides is 2. The molecule has 2 aromatic carbocycles. The van der Waals surface area contributed by atoms with Crippen molar-refractivity contribution in [2.24, 2.45) is 0 Å². The molecule has 2 atom stereocenters. The van der Waals surface area contributed by atoms with Crippen molar-refractivity contribution < 1.29 is 19.1 Å². The molecule has 2 aromatic rings. The highest BCUT2D eigenvalue weighted by molar-refractivity contribution is 6.30. The van der Waals surface area contributed by atoms with Gasteiger partial charge in [-0.1, -0.05) is 36.7 Å². The number of hydrogen-bond donors (Lipinski definition) is 1. The van der Waals surface area contributed by atoms with E-state index in [0.29, 0.717) is 42.7 Å². The average Bonchev–Trinajstić information content (AvgIpc) is 2.82. The van der Waals surface area contributed by atoms with Crippen molar-refractivity contribution in [3.05, 3.63) is 58.6 Å². The Hall–Kier alpha value is -2.73. The molecule has 0 aliphatic rings. The summed E-state index contributed by atoms with van der Waals surface area (Å²) in [5.41, 5.74) is 1.85. The van der Waals surface area contributed by atoms with Gasteiger partial charge in [0.2, 0.25) is 11.8 Å². The summed E-state index contributed by atoms with van der Waals surface area (Å²) >= 11 is 6.15. The van der Waals surface area contributed by atoms with Gasteiger partial charge in [-0.2, -0.15) is 0 Å². The van der Waals surface area contributed by atoms with Crippen LogP contribution in [0.25, 0.3) is 0 Å². The molecule has 0 unspecified atom stereocenters. The van der Waals surface area contributed by atoms with Gasteiger partial charge in [0.05, 0.1) is 13.2 Å². The van der Waals surface area contributed by atoms with Crippen LogP contribution in [0.15, 0.2) is 42.5 Å². The molecule has 34 heavy (non-hydrogen) atoms. The summed E-state index contributed by atoms with van der Waals surface area (Å²) < 4.78 is 11.3. The van der Waals surface area contributed by atoms with E-state index in [0.717, 1.165) is 17.5 Å². The molecule has 0 aromatic heterocycles. The molecule has 0 radical (unpaired) electrons. The Bertz CT molecular complexity index is 950. The molecule has 0 aliphatic carbocycles. The molecule has 0 bridgehead atoms. The Balaban J connectivity index is 2.18. The number of aryl methyl sites for hydroxylation is 1. The number of nitrogens with one attached hydrogen (secondary N) is 1. The van der Waals surface area contributed by atoms with Gasteiger partial charge in [-0.3, -0.25) is 9.59 Å². The quantitative estimate of drug-likeness (QED) is 0.409. The summed E-state index contributed by atoms with van der Waals surface area (Å²) in [4.78, 5) is 27.8. The SMILES string of the molecule is CCOc1ccc(CCC(=O)N(Cc2cccc(Cl)c2)[C@@H](C)C(=O)N[C@H](C)CC)cc1OCC. The second-order valence-electron chi connectivity index (χ2n) is 8.29. The first-order chi connectivity index (χ1) is 16.3. The Morgan fingerprint density at radius 1 is 0.971 bits per heavy atom. The summed E-state index contributed by atoms with van der Waals surface area (Å²) in [6.07, 6.45) is 1.61. The molecular formula is C27H37ClN2O4. The van der Waals surface area contributed by atoms with Crippen LogP contribution in [0, 0.1) is 0 Å². The maximum absolute atomic E-state index is 13.3. The fourth-order valence-electron chi connectivity index (χ4n) is 3.53. The third kappa shape index (κ3) is 8.24. The van der Waals surface area contributed by atoms with Gasteiger partial charge in [0.15, 0.2) is 11.5 Å². The molecule has 0 fully saturated rings. The maximum Gasteiger partial charge on any atom is 0.242 e. The lowest BCUT2D eigenvalue weighted by molar-refractivity contribution is -0.140. The van der Waals surface area contributed by atoms with Crippen molar-refractivity contribution in [1.29, 1.82) is 0 Å². The lowest BCUT2D eigenvalue weighted by atomic mass is 10.1. The van der Waals surface area contributed by atoms with Crippen molar-refractivity contribution in [2.45, 2.75) is 72.5 Å². The molecule has 0 spiro atoms. The zero-order valence-electron chi connectivity index (χ0n) is 20.9. The molecule has 7 heteroatoms. The number of ether oxygens (including phenoxy) is 2. The summed E-state index contributed by atoms with van der Waals surface area (Å²) in [6, 6.07) is 12.5. The second kappa shape index (κ2) is 13.9. The van der Waals surface area contributed by atoms with Gasteiger partial charge in [-0.15, -0.1) is 0 Å². The normalized spacial score (nSPS) is 12.5. The largest absolute Gasteiger partial charge is 0.490 e. The van der Waals surface area contributed by atoms with Crippen LogP contribution in [0.5, 0.6) is 11.5 Å². The number of carbonyl (C=O) groups is 2. The van der Waals surface area contributed by atoms with Gasteiger partial charge in [0.25, 0.3) is 0 Å². The number of nitrogens with zero attached hydrogens (tertiary/aromatic N) is 1. The van der Waals surface area contributed by atoms with Crippen molar-refractivity contribution >= 4 is 23.4 Å². The zero-order chi connectivity index (χ0) is 25.1. The van der Waals surface area contributed by atoms with E-state index in [9.17, 15) is 9.59 Å². The van der Waals surface area contributed by atoms with Crippen molar-refractivity contribution in [3.8, 4) is 11.5 Å². The molecule has 2 amide bonds. The molecule has 1 N–H and O–H groups in total. The Morgan fingerprint density at radius 3 is 2.32 bits per heavy atom. The van der Waals surface area contributed by atoms with Gasteiger partial charge in [0.1, 0.15) is 6.04 Å². The molecule has 0 aliphatic heterocycles. The number of benzene rings is 2. The van der Waals surface area contributed by atoms with E-state index in [1.165, 1.54) is 0 Å². The fraction of sp³-hybridized carbons (Fsp3) is 0.481. The number of halogens is 1. The minimum absolute atomic E-state index is 0.0407. The summed E-state index contributed by atoms with van der Waals surface area (Å²) in [5.74, 6) is 1.10. The highest BCUT2D eigenvalue weighted by Gasteiger charge is 2.26. The van der Waals surface area contributed by atoms with Gasteiger partial charge >= 0.3 is 0 Å². The van der Waals surface area contributed by atoms with E-state index in [1.807, 2.05) is 64.1 Å². The van der Waals surface area contributed by atoms with Crippen LogP contribution in [0.4, 0.5) is 0 Å². The lowest BCUT2D eigenvalue weighted by Gasteiger charge is -2.30. The van der Waals surface area contributed by atoms with Crippen LogP contribution in [-0.4, -0.2) is 42.0 Å². The molecule has 0 saturated heterocycles. The number of carbonyl (C=O) groups excluding carboxylic acids is 2. The van der Waals surface area contributed by atoms with E-state index in [2.05, 4.69) is 5.32 Å². The van der Waals surface area contributed by atoms with Gasteiger partial charge in [-0.25, -0.2) is 0 Å². The van der Waals surface area contributed by atoms with E-state index in [-0.39, 0.29) is 24.3 Å². The van der Waals surface area contributed by atoms with E-state index in [4.69, 9.17) is 21.1 Å². The van der Waals surface area contributed by atoms with Crippen molar-refractivity contribution in [2.75, 3.05) is 13.2 Å². The molecule has 6 nitrogen and oxygen atoms in total.